The van der Waals surface area contributed by atoms with Gasteiger partial charge in [0.25, 0.3) is 5.91 Å². The van der Waals surface area contributed by atoms with Gasteiger partial charge in [-0.25, -0.2) is 9.97 Å². The quantitative estimate of drug-likeness (QED) is 0.297. The summed E-state index contributed by atoms with van der Waals surface area (Å²) in [4.78, 5) is 32.4. The van der Waals surface area contributed by atoms with Crippen molar-refractivity contribution in [1.29, 1.82) is 0 Å². The van der Waals surface area contributed by atoms with Crippen molar-refractivity contribution in [1.82, 2.24) is 20.6 Å². The van der Waals surface area contributed by atoms with Gasteiger partial charge in [0.2, 0.25) is 5.91 Å². The van der Waals surface area contributed by atoms with E-state index in [4.69, 9.17) is 0 Å². The SMILES string of the molecule is CC(=O)NCCNc1cc(NCCNC(=O)c2ccc(OC(F)(F)F)cc2)nc(-c2ccccc2)n1. The Morgan fingerprint density at radius 3 is 1.97 bits per heavy atom. The van der Waals surface area contributed by atoms with Gasteiger partial charge in [0.05, 0.1) is 0 Å². The summed E-state index contributed by atoms with van der Waals surface area (Å²) >= 11 is 0. The molecular weight excluding hydrogens is 477 g/mol. The maximum Gasteiger partial charge on any atom is 0.573 e. The Morgan fingerprint density at radius 2 is 1.42 bits per heavy atom. The molecular formula is C24H25F3N6O3. The molecule has 0 saturated heterocycles. The lowest BCUT2D eigenvalue weighted by atomic mass is 10.2. The van der Waals surface area contributed by atoms with E-state index in [1.807, 2.05) is 30.3 Å². The van der Waals surface area contributed by atoms with Gasteiger partial charge in [-0.3, -0.25) is 9.59 Å². The zero-order valence-electron chi connectivity index (χ0n) is 19.4. The van der Waals surface area contributed by atoms with Gasteiger partial charge in [0.15, 0.2) is 5.82 Å². The zero-order chi connectivity index (χ0) is 26.0. The fourth-order valence-corrected chi connectivity index (χ4v) is 3.05. The molecule has 0 aliphatic rings. The van der Waals surface area contributed by atoms with Crippen LogP contribution in [-0.2, 0) is 4.79 Å². The van der Waals surface area contributed by atoms with Crippen LogP contribution in [0.2, 0.25) is 0 Å². The van der Waals surface area contributed by atoms with Crippen LogP contribution in [0, 0.1) is 0 Å². The largest absolute Gasteiger partial charge is 0.573 e. The summed E-state index contributed by atoms with van der Waals surface area (Å²) in [5.41, 5.74) is 1.01. The fourth-order valence-electron chi connectivity index (χ4n) is 3.05. The molecule has 9 nitrogen and oxygen atoms in total. The van der Waals surface area contributed by atoms with Gasteiger partial charge in [0.1, 0.15) is 17.4 Å². The summed E-state index contributed by atoms with van der Waals surface area (Å²) in [6, 6.07) is 15.8. The Balaban J connectivity index is 1.57. The second kappa shape index (κ2) is 12.4. The molecule has 12 heteroatoms. The maximum absolute atomic E-state index is 12.3. The molecule has 3 rings (SSSR count). The van der Waals surface area contributed by atoms with Crippen molar-refractivity contribution in [2.75, 3.05) is 36.8 Å². The predicted octanol–water partition coefficient (Wildman–Crippen LogP) is 3.43. The number of amides is 2. The number of nitrogens with one attached hydrogen (secondary N) is 4. The van der Waals surface area contributed by atoms with Crippen LogP contribution in [0.15, 0.2) is 60.7 Å². The van der Waals surface area contributed by atoms with Crippen molar-refractivity contribution < 1.29 is 27.5 Å². The summed E-state index contributed by atoms with van der Waals surface area (Å²) in [5.74, 6) is 0.603. The number of ether oxygens (including phenoxy) is 1. The lowest BCUT2D eigenvalue weighted by Gasteiger charge is -2.12. The molecule has 0 spiro atoms. The summed E-state index contributed by atoms with van der Waals surface area (Å²) in [6.45, 7) is 2.90. The monoisotopic (exact) mass is 502 g/mol. The normalized spacial score (nSPS) is 10.9. The first kappa shape index (κ1) is 26.3. The number of hydrogen-bond acceptors (Lipinski definition) is 7. The summed E-state index contributed by atoms with van der Waals surface area (Å²) in [7, 11) is 0. The number of hydrogen-bond donors (Lipinski definition) is 4. The lowest BCUT2D eigenvalue weighted by molar-refractivity contribution is -0.274. The predicted molar refractivity (Wildman–Crippen MR) is 129 cm³/mol. The van der Waals surface area contributed by atoms with Crippen LogP contribution >= 0.6 is 0 Å². The average Bonchev–Trinajstić information content (AvgIpc) is 2.84. The highest BCUT2D eigenvalue weighted by atomic mass is 19.4. The van der Waals surface area contributed by atoms with Crippen LogP contribution in [0.25, 0.3) is 11.4 Å². The van der Waals surface area contributed by atoms with E-state index < -0.39 is 18.0 Å². The number of nitrogens with zero attached hydrogens (tertiary/aromatic N) is 2. The number of aromatic nitrogens is 2. The Morgan fingerprint density at radius 1 is 0.833 bits per heavy atom. The van der Waals surface area contributed by atoms with E-state index in [1.54, 1.807) is 6.07 Å². The summed E-state index contributed by atoms with van der Waals surface area (Å²) in [6.07, 6.45) is -4.79. The van der Waals surface area contributed by atoms with E-state index >= 15 is 0 Å². The van der Waals surface area contributed by atoms with E-state index in [0.29, 0.717) is 37.1 Å². The van der Waals surface area contributed by atoms with E-state index in [9.17, 15) is 22.8 Å². The Kier molecular flexibility index (Phi) is 9.03. The topological polar surface area (TPSA) is 117 Å². The first-order chi connectivity index (χ1) is 17.2. The fraction of sp³-hybridized carbons (Fsp3) is 0.250. The van der Waals surface area contributed by atoms with Gasteiger partial charge in [0, 0.05) is 50.3 Å². The molecule has 0 aliphatic carbocycles. The number of halogens is 3. The molecule has 1 heterocycles. The molecule has 0 aliphatic heterocycles. The third-order valence-corrected chi connectivity index (χ3v) is 4.63. The van der Waals surface area contributed by atoms with Crippen molar-refractivity contribution in [2.24, 2.45) is 0 Å². The third kappa shape index (κ3) is 8.78. The first-order valence-corrected chi connectivity index (χ1v) is 11.0. The van der Waals surface area contributed by atoms with Gasteiger partial charge < -0.3 is 26.0 Å². The van der Waals surface area contributed by atoms with Crippen LogP contribution < -0.4 is 26.0 Å². The minimum atomic E-state index is -4.79. The number of anilines is 2. The van der Waals surface area contributed by atoms with Crippen LogP contribution in [0.5, 0.6) is 5.75 Å². The molecule has 0 bridgehead atoms. The maximum atomic E-state index is 12.3. The van der Waals surface area contributed by atoms with Gasteiger partial charge in [-0.2, -0.15) is 0 Å². The molecule has 0 radical (unpaired) electrons. The van der Waals surface area contributed by atoms with E-state index in [1.165, 1.54) is 19.1 Å². The van der Waals surface area contributed by atoms with E-state index in [0.717, 1.165) is 17.7 Å². The van der Waals surface area contributed by atoms with E-state index in [2.05, 4.69) is 36.0 Å². The van der Waals surface area contributed by atoms with Crippen molar-refractivity contribution in [3.05, 3.63) is 66.2 Å². The molecule has 2 amide bonds. The van der Waals surface area contributed by atoms with Gasteiger partial charge in [-0.1, -0.05) is 30.3 Å². The highest BCUT2D eigenvalue weighted by molar-refractivity contribution is 5.94. The highest BCUT2D eigenvalue weighted by Crippen LogP contribution is 2.23. The number of carbonyl (C=O) groups is 2. The highest BCUT2D eigenvalue weighted by Gasteiger charge is 2.31. The number of alkyl halides is 3. The molecule has 1 aromatic heterocycles. The van der Waals surface area contributed by atoms with Crippen molar-refractivity contribution >= 4 is 23.5 Å². The summed E-state index contributed by atoms with van der Waals surface area (Å²) in [5, 5.41) is 11.7. The number of carbonyl (C=O) groups excluding carboxylic acids is 2. The minimum Gasteiger partial charge on any atom is -0.406 e. The van der Waals surface area contributed by atoms with Crippen LogP contribution in [0.1, 0.15) is 17.3 Å². The second-order valence-corrected chi connectivity index (χ2v) is 7.49. The molecule has 190 valence electrons. The van der Waals surface area contributed by atoms with Crippen molar-refractivity contribution in [3.63, 3.8) is 0 Å². The lowest BCUT2D eigenvalue weighted by Crippen LogP contribution is -2.29. The van der Waals surface area contributed by atoms with Crippen LogP contribution in [-0.4, -0.2) is 54.3 Å². The molecule has 0 saturated carbocycles. The standard InChI is InChI=1S/C24H25F3N6O3/c1-16(34)28-11-12-29-20-15-21(33-22(32-20)17-5-3-2-4-6-17)30-13-14-31-23(35)18-7-9-19(10-8-18)36-24(25,26)27/h2-10,15H,11-14H2,1H3,(H,28,34)(H,31,35)(H2,29,30,32,33). The summed E-state index contributed by atoms with van der Waals surface area (Å²) < 4.78 is 40.6. The average molecular weight is 502 g/mol. The molecule has 3 aromatic rings. The number of benzene rings is 2. The van der Waals surface area contributed by atoms with Crippen LogP contribution in [0.4, 0.5) is 24.8 Å². The first-order valence-electron chi connectivity index (χ1n) is 11.0. The second-order valence-electron chi connectivity index (χ2n) is 7.49. The zero-order valence-corrected chi connectivity index (χ0v) is 19.4. The minimum absolute atomic E-state index is 0.126. The van der Waals surface area contributed by atoms with Crippen molar-refractivity contribution in [3.8, 4) is 17.1 Å². The Bertz CT molecular complexity index is 1160. The Labute approximate surface area is 205 Å². The molecule has 2 aromatic carbocycles. The van der Waals surface area contributed by atoms with Gasteiger partial charge in [-0.15, -0.1) is 13.2 Å². The molecule has 36 heavy (non-hydrogen) atoms. The smallest absolute Gasteiger partial charge is 0.406 e. The molecule has 0 atom stereocenters. The van der Waals surface area contributed by atoms with Gasteiger partial charge >= 0.3 is 6.36 Å². The molecule has 0 fully saturated rings. The third-order valence-electron chi connectivity index (χ3n) is 4.63. The Hall–Kier alpha value is -4.35. The van der Waals surface area contributed by atoms with Crippen LogP contribution in [0.3, 0.4) is 0 Å². The van der Waals surface area contributed by atoms with Crippen molar-refractivity contribution in [2.45, 2.75) is 13.3 Å². The van der Waals surface area contributed by atoms with Gasteiger partial charge in [-0.05, 0) is 24.3 Å². The molecule has 0 unspecified atom stereocenters. The van der Waals surface area contributed by atoms with E-state index in [-0.39, 0.29) is 18.0 Å². The number of rotatable bonds is 11. The molecule has 4 N–H and O–H groups in total.